The summed E-state index contributed by atoms with van der Waals surface area (Å²) in [6.07, 6.45) is 6.29. The first-order chi connectivity index (χ1) is 16.0. The van der Waals surface area contributed by atoms with E-state index in [2.05, 4.69) is 20.4 Å². The Bertz CT molecular complexity index is 728. The molecule has 4 rings (SSSR count). The molecule has 4 N–H and O–H groups in total. The van der Waals surface area contributed by atoms with Gasteiger partial charge in [0, 0.05) is 51.3 Å². The molecule has 0 unspecified atom stereocenters. The van der Waals surface area contributed by atoms with E-state index < -0.39 is 5.54 Å². The number of Topliss-reactive ketones (excluding diaryl/α,β-unsaturated/α-hetero) is 1. The summed E-state index contributed by atoms with van der Waals surface area (Å²) in [5.41, 5.74) is 5.90. The zero-order chi connectivity index (χ0) is 23.5. The number of rotatable bonds is 7. The van der Waals surface area contributed by atoms with Crippen LogP contribution in [0.2, 0.25) is 0 Å². The largest absolute Gasteiger partial charge is 0.368 e. The molecule has 33 heavy (non-hydrogen) atoms. The molecule has 3 saturated heterocycles. The smallest absolute Gasteiger partial charge is 0.238 e. The first-order valence-electron chi connectivity index (χ1n) is 12.5. The molecule has 0 atom stereocenters. The number of nitrogens with zero attached hydrogens (tertiary/aromatic N) is 2. The van der Waals surface area contributed by atoms with Crippen molar-refractivity contribution in [2.75, 3.05) is 58.9 Å². The molecule has 3 aliphatic rings. The van der Waals surface area contributed by atoms with Crippen LogP contribution in [0.3, 0.4) is 0 Å². The minimum atomic E-state index is -0.485. The third-order valence-electron chi connectivity index (χ3n) is 7.10. The van der Waals surface area contributed by atoms with E-state index in [9.17, 15) is 14.0 Å². The van der Waals surface area contributed by atoms with Crippen LogP contribution in [0.25, 0.3) is 0 Å². The molecule has 1 amide bonds. The van der Waals surface area contributed by atoms with E-state index in [0.29, 0.717) is 12.0 Å². The number of benzene rings is 1. The minimum Gasteiger partial charge on any atom is -0.368 e. The molecule has 3 heterocycles. The molecule has 3 fully saturated rings. The molecule has 8 heteroatoms. The lowest BCUT2D eigenvalue weighted by Crippen LogP contribution is -2.63. The summed E-state index contributed by atoms with van der Waals surface area (Å²) < 4.78 is 12.9. The van der Waals surface area contributed by atoms with E-state index in [1.54, 1.807) is 12.1 Å². The molecule has 0 radical (unpaired) electrons. The molecule has 0 spiro atoms. The summed E-state index contributed by atoms with van der Waals surface area (Å²) in [5, 5.41) is 6.44. The molecular formula is C25H40FN5O2. The first kappa shape index (κ1) is 25.7. The van der Waals surface area contributed by atoms with Crippen LogP contribution in [0, 0.1) is 5.82 Å². The Morgan fingerprint density at radius 1 is 0.909 bits per heavy atom. The van der Waals surface area contributed by atoms with Gasteiger partial charge in [0.2, 0.25) is 5.91 Å². The number of nitrogens with one attached hydrogen (secondary N) is 2. The Labute approximate surface area is 197 Å². The number of carbonyl (C=O) groups is 2. The van der Waals surface area contributed by atoms with Gasteiger partial charge in [0.25, 0.3) is 0 Å². The molecule has 0 bridgehead atoms. The number of amides is 1. The fourth-order valence-electron chi connectivity index (χ4n) is 5.03. The lowest BCUT2D eigenvalue weighted by molar-refractivity contribution is -0.134. The second kappa shape index (κ2) is 13.1. The van der Waals surface area contributed by atoms with Gasteiger partial charge in [-0.25, -0.2) is 4.39 Å². The molecule has 3 aliphatic heterocycles. The molecule has 0 saturated carbocycles. The monoisotopic (exact) mass is 461 g/mol. The summed E-state index contributed by atoms with van der Waals surface area (Å²) >= 11 is 0. The zero-order valence-corrected chi connectivity index (χ0v) is 19.8. The number of piperazine rings is 1. The van der Waals surface area contributed by atoms with E-state index in [4.69, 9.17) is 5.73 Å². The maximum absolute atomic E-state index is 12.9. The number of nitrogens with two attached hydrogens (primary N) is 1. The van der Waals surface area contributed by atoms with Crippen molar-refractivity contribution in [3.8, 4) is 0 Å². The van der Waals surface area contributed by atoms with Crippen molar-refractivity contribution in [3.63, 3.8) is 0 Å². The maximum Gasteiger partial charge on any atom is 0.238 e. The Morgan fingerprint density at radius 3 is 2.00 bits per heavy atom. The van der Waals surface area contributed by atoms with Crippen molar-refractivity contribution in [1.82, 2.24) is 20.4 Å². The number of likely N-dealkylation sites (tertiary alicyclic amines) is 2. The quantitative estimate of drug-likeness (QED) is 0.536. The van der Waals surface area contributed by atoms with E-state index in [0.717, 1.165) is 91.0 Å². The van der Waals surface area contributed by atoms with Crippen LogP contribution in [-0.4, -0.2) is 85.9 Å². The SMILES string of the molecule is C1CNCCN1.NC(=O)C1(N2CCCCC2)CCN(CCCC(=O)c2ccc(F)cc2)CC1. The molecule has 0 aromatic heterocycles. The normalized spacial score (nSPS) is 21.6. The van der Waals surface area contributed by atoms with E-state index in [1.807, 2.05) is 0 Å². The second-order valence-corrected chi connectivity index (χ2v) is 9.32. The van der Waals surface area contributed by atoms with Crippen LogP contribution < -0.4 is 16.4 Å². The standard InChI is InChI=1S/C21H30FN3O2.C4H10N2/c22-18-8-6-17(7-9-18)19(26)5-4-12-24-15-10-21(11-16-24,20(23)27)25-13-2-1-3-14-25;1-2-6-4-3-5-1/h6-9H,1-5,10-16H2,(H2,23,27);5-6H,1-4H2. The van der Waals surface area contributed by atoms with Gasteiger partial charge in [0.1, 0.15) is 11.4 Å². The van der Waals surface area contributed by atoms with E-state index in [1.165, 1.54) is 18.6 Å². The van der Waals surface area contributed by atoms with Crippen LogP contribution in [0.5, 0.6) is 0 Å². The average molecular weight is 462 g/mol. The third-order valence-corrected chi connectivity index (χ3v) is 7.10. The lowest BCUT2D eigenvalue weighted by atomic mass is 9.83. The fourth-order valence-corrected chi connectivity index (χ4v) is 5.03. The van der Waals surface area contributed by atoms with E-state index in [-0.39, 0.29) is 17.5 Å². The Hall–Kier alpha value is -1.87. The van der Waals surface area contributed by atoms with Gasteiger partial charge in [-0.15, -0.1) is 0 Å². The van der Waals surface area contributed by atoms with Gasteiger partial charge in [0.05, 0.1) is 0 Å². The lowest BCUT2D eigenvalue weighted by Gasteiger charge is -2.48. The second-order valence-electron chi connectivity index (χ2n) is 9.32. The number of ketones is 1. The highest BCUT2D eigenvalue weighted by Crippen LogP contribution is 2.31. The highest BCUT2D eigenvalue weighted by Gasteiger charge is 2.44. The molecule has 1 aromatic carbocycles. The highest BCUT2D eigenvalue weighted by atomic mass is 19.1. The molecule has 1 aromatic rings. The summed E-state index contributed by atoms with van der Waals surface area (Å²) in [7, 11) is 0. The van der Waals surface area contributed by atoms with Crippen molar-refractivity contribution < 1.29 is 14.0 Å². The number of halogens is 1. The zero-order valence-electron chi connectivity index (χ0n) is 19.8. The van der Waals surface area contributed by atoms with Crippen molar-refractivity contribution in [1.29, 1.82) is 0 Å². The summed E-state index contributed by atoms with van der Waals surface area (Å²) in [6.45, 7) is 9.00. The molecular weight excluding hydrogens is 421 g/mol. The predicted octanol–water partition coefficient (Wildman–Crippen LogP) is 1.77. The Balaban J connectivity index is 0.000000442. The van der Waals surface area contributed by atoms with Crippen LogP contribution in [0.15, 0.2) is 24.3 Å². The molecule has 184 valence electrons. The van der Waals surface area contributed by atoms with Crippen molar-refractivity contribution >= 4 is 11.7 Å². The van der Waals surface area contributed by atoms with Crippen molar-refractivity contribution in [2.24, 2.45) is 5.73 Å². The van der Waals surface area contributed by atoms with Crippen LogP contribution >= 0.6 is 0 Å². The Morgan fingerprint density at radius 2 is 1.48 bits per heavy atom. The van der Waals surface area contributed by atoms with Gasteiger partial charge < -0.3 is 21.3 Å². The van der Waals surface area contributed by atoms with Crippen molar-refractivity contribution in [3.05, 3.63) is 35.6 Å². The summed E-state index contributed by atoms with van der Waals surface area (Å²) in [5.74, 6) is -0.464. The maximum atomic E-state index is 12.9. The molecule has 0 aliphatic carbocycles. The van der Waals surface area contributed by atoms with Gasteiger partial charge in [-0.05, 0) is 76.0 Å². The number of primary amides is 1. The number of carbonyl (C=O) groups excluding carboxylic acids is 2. The third kappa shape index (κ3) is 7.57. The number of hydrogen-bond donors (Lipinski definition) is 3. The van der Waals surface area contributed by atoms with Gasteiger partial charge in [0.15, 0.2) is 5.78 Å². The number of piperidine rings is 2. The highest BCUT2D eigenvalue weighted by molar-refractivity contribution is 5.95. The first-order valence-corrected chi connectivity index (χ1v) is 12.5. The summed E-state index contributed by atoms with van der Waals surface area (Å²) in [4.78, 5) is 29.1. The topological polar surface area (TPSA) is 90.7 Å². The fraction of sp³-hybridized carbons (Fsp3) is 0.680. The van der Waals surface area contributed by atoms with Crippen LogP contribution in [0.4, 0.5) is 4.39 Å². The van der Waals surface area contributed by atoms with E-state index >= 15 is 0 Å². The Kier molecular flexibility index (Phi) is 10.2. The van der Waals surface area contributed by atoms with Crippen LogP contribution in [-0.2, 0) is 4.79 Å². The average Bonchev–Trinajstić information content (AvgIpc) is 2.87. The van der Waals surface area contributed by atoms with Gasteiger partial charge in [-0.3, -0.25) is 14.5 Å². The van der Waals surface area contributed by atoms with Gasteiger partial charge in [-0.2, -0.15) is 0 Å². The van der Waals surface area contributed by atoms with Crippen molar-refractivity contribution in [2.45, 2.75) is 50.5 Å². The van der Waals surface area contributed by atoms with Crippen LogP contribution in [0.1, 0.15) is 55.3 Å². The summed E-state index contributed by atoms with van der Waals surface area (Å²) in [6, 6.07) is 5.72. The van der Waals surface area contributed by atoms with Gasteiger partial charge >= 0.3 is 0 Å². The minimum absolute atomic E-state index is 0.0480. The predicted molar refractivity (Wildman–Crippen MR) is 129 cm³/mol. The number of hydrogen-bond acceptors (Lipinski definition) is 6. The molecule has 7 nitrogen and oxygen atoms in total. The van der Waals surface area contributed by atoms with Gasteiger partial charge in [-0.1, -0.05) is 6.42 Å².